The zero-order valence-corrected chi connectivity index (χ0v) is 12.2. The molecule has 3 heterocycles. The molecule has 4 atom stereocenters. The summed E-state index contributed by atoms with van der Waals surface area (Å²) in [6.45, 7) is 4.86. The Morgan fingerprint density at radius 1 is 0.833 bits per heavy atom. The summed E-state index contributed by atoms with van der Waals surface area (Å²) in [5, 5.41) is 9.07. The zero-order valence-electron chi connectivity index (χ0n) is 12.2. The molecule has 18 heavy (non-hydrogen) atoms. The number of nitrogens with one attached hydrogen (secondary N) is 1. The standard InChI is InChI=1S/C15H29N3/c1-11-5-4-6-12(2)17(11)18-14-7-8-15(18)10-13(9-14)16-3/h11-16H,4-10H2,1-3H3. The number of piperidine rings is 2. The van der Waals surface area contributed by atoms with Crippen LogP contribution in [0.1, 0.15) is 58.8 Å². The zero-order chi connectivity index (χ0) is 12.7. The van der Waals surface area contributed by atoms with Crippen LogP contribution in [-0.4, -0.2) is 47.3 Å². The normalized spacial score (nSPS) is 46.5. The first-order valence-electron chi connectivity index (χ1n) is 7.94. The van der Waals surface area contributed by atoms with E-state index in [0.717, 1.165) is 30.2 Å². The molecule has 0 radical (unpaired) electrons. The van der Waals surface area contributed by atoms with Gasteiger partial charge in [-0.15, -0.1) is 0 Å². The van der Waals surface area contributed by atoms with Gasteiger partial charge in [0.1, 0.15) is 0 Å². The minimum Gasteiger partial charge on any atom is -0.317 e. The Morgan fingerprint density at radius 3 is 1.89 bits per heavy atom. The van der Waals surface area contributed by atoms with Gasteiger partial charge in [-0.05, 0) is 59.4 Å². The number of hydrazine groups is 1. The fraction of sp³-hybridized carbons (Fsp3) is 1.00. The minimum atomic E-state index is 0.753. The maximum absolute atomic E-state index is 3.51. The van der Waals surface area contributed by atoms with Gasteiger partial charge in [-0.1, -0.05) is 6.42 Å². The summed E-state index contributed by atoms with van der Waals surface area (Å²) in [6, 6.07) is 3.88. The lowest BCUT2D eigenvalue weighted by Gasteiger charge is -2.52. The van der Waals surface area contributed by atoms with Crippen molar-refractivity contribution in [3.05, 3.63) is 0 Å². The van der Waals surface area contributed by atoms with Crippen LogP contribution in [0, 0.1) is 0 Å². The predicted octanol–water partition coefficient (Wildman–Crippen LogP) is 2.38. The molecule has 3 heteroatoms. The van der Waals surface area contributed by atoms with Crippen LogP contribution in [0.3, 0.4) is 0 Å². The molecule has 3 aliphatic rings. The molecule has 0 saturated carbocycles. The van der Waals surface area contributed by atoms with E-state index in [-0.39, 0.29) is 0 Å². The maximum atomic E-state index is 3.51. The second-order valence-corrected chi connectivity index (χ2v) is 6.73. The Hall–Kier alpha value is -0.120. The number of fused-ring (bicyclic) bond motifs is 2. The Kier molecular flexibility index (Phi) is 3.65. The third-order valence-electron chi connectivity index (χ3n) is 5.52. The van der Waals surface area contributed by atoms with Crippen LogP contribution < -0.4 is 5.32 Å². The van der Waals surface area contributed by atoms with Crippen LogP contribution in [0.15, 0.2) is 0 Å². The van der Waals surface area contributed by atoms with E-state index in [2.05, 4.69) is 36.2 Å². The van der Waals surface area contributed by atoms with E-state index < -0.39 is 0 Å². The number of hydrogen-bond donors (Lipinski definition) is 1. The highest BCUT2D eigenvalue weighted by Crippen LogP contribution is 2.40. The van der Waals surface area contributed by atoms with E-state index in [1.54, 1.807) is 0 Å². The van der Waals surface area contributed by atoms with Gasteiger partial charge in [-0.2, -0.15) is 0 Å². The molecule has 4 unspecified atom stereocenters. The molecule has 0 spiro atoms. The van der Waals surface area contributed by atoms with Gasteiger partial charge in [0.15, 0.2) is 0 Å². The SMILES string of the molecule is CNC1CC2CCC(C1)N2N1C(C)CCCC1C. The van der Waals surface area contributed by atoms with Crippen molar-refractivity contribution in [2.24, 2.45) is 0 Å². The highest BCUT2D eigenvalue weighted by atomic mass is 15.7. The van der Waals surface area contributed by atoms with Crippen molar-refractivity contribution >= 4 is 0 Å². The molecule has 0 aliphatic carbocycles. The van der Waals surface area contributed by atoms with Crippen molar-refractivity contribution in [2.75, 3.05) is 7.05 Å². The van der Waals surface area contributed by atoms with Crippen molar-refractivity contribution in [3.8, 4) is 0 Å². The van der Waals surface area contributed by atoms with E-state index >= 15 is 0 Å². The van der Waals surface area contributed by atoms with E-state index in [9.17, 15) is 0 Å². The molecule has 1 N–H and O–H groups in total. The van der Waals surface area contributed by atoms with Crippen molar-refractivity contribution in [1.82, 2.24) is 15.3 Å². The van der Waals surface area contributed by atoms with Gasteiger partial charge in [-0.25, -0.2) is 10.0 Å². The molecule has 104 valence electrons. The first kappa shape index (κ1) is 12.9. The second-order valence-electron chi connectivity index (χ2n) is 6.73. The predicted molar refractivity (Wildman–Crippen MR) is 75.3 cm³/mol. The van der Waals surface area contributed by atoms with Gasteiger partial charge >= 0.3 is 0 Å². The Balaban J connectivity index is 1.76. The first-order valence-corrected chi connectivity index (χ1v) is 7.94. The topological polar surface area (TPSA) is 18.5 Å². The van der Waals surface area contributed by atoms with Gasteiger partial charge in [-0.3, -0.25) is 0 Å². The molecule has 0 aromatic carbocycles. The molecule has 0 aromatic heterocycles. The summed E-state index contributed by atoms with van der Waals surface area (Å²) in [4.78, 5) is 0. The Labute approximate surface area is 112 Å². The van der Waals surface area contributed by atoms with Gasteiger partial charge < -0.3 is 5.32 Å². The van der Waals surface area contributed by atoms with Crippen molar-refractivity contribution in [1.29, 1.82) is 0 Å². The summed E-state index contributed by atoms with van der Waals surface area (Å²) in [5.41, 5.74) is 0. The lowest BCUT2D eigenvalue weighted by atomic mass is 9.95. The van der Waals surface area contributed by atoms with Crippen LogP contribution >= 0.6 is 0 Å². The largest absolute Gasteiger partial charge is 0.317 e. The van der Waals surface area contributed by atoms with Crippen molar-refractivity contribution in [2.45, 2.75) is 89.0 Å². The highest BCUT2D eigenvalue weighted by molar-refractivity contribution is 4.98. The fourth-order valence-electron chi connectivity index (χ4n) is 4.63. The van der Waals surface area contributed by atoms with Crippen LogP contribution in [0.25, 0.3) is 0 Å². The fourth-order valence-corrected chi connectivity index (χ4v) is 4.63. The molecule has 3 saturated heterocycles. The van der Waals surface area contributed by atoms with Crippen molar-refractivity contribution in [3.63, 3.8) is 0 Å². The summed E-state index contributed by atoms with van der Waals surface area (Å²) >= 11 is 0. The van der Waals surface area contributed by atoms with Crippen molar-refractivity contribution < 1.29 is 0 Å². The molecular formula is C15H29N3. The van der Waals surface area contributed by atoms with E-state index in [4.69, 9.17) is 0 Å². The van der Waals surface area contributed by atoms with Gasteiger partial charge in [0, 0.05) is 30.2 Å². The van der Waals surface area contributed by atoms with E-state index in [1.807, 2.05) is 0 Å². The van der Waals surface area contributed by atoms with Crippen LogP contribution in [0.4, 0.5) is 0 Å². The number of nitrogens with zero attached hydrogens (tertiary/aromatic N) is 2. The third-order valence-corrected chi connectivity index (χ3v) is 5.52. The third kappa shape index (κ3) is 2.10. The van der Waals surface area contributed by atoms with Gasteiger partial charge in [0.05, 0.1) is 0 Å². The monoisotopic (exact) mass is 251 g/mol. The van der Waals surface area contributed by atoms with E-state index in [0.29, 0.717) is 0 Å². The summed E-state index contributed by atoms with van der Waals surface area (Å²) < 4.78 is 0. The lowest BCUT2D eigenvalue weighted by Crippen LogP contribution is -2.62. The highest BCUT2D eigenvalue weighted by Gasteiger charge is 2.45. The lowest BCUT2D eigenvalue weighted by molar-refractivity contribution is -0.151. The number of rotatable bonds is 2. The van der Waals surface area contributed by atoms with Crippen LogP contribution in [0.2, 0.25) is 0 Å². The quantitative estimate of drug-likeness (QED) is 0.813. The average Bonchev–Trinajstić information content (AvgIpc) is 2.61. The second kappa shape index (κ2) is 5.10. The molecule has 3 fully saturated rings. The summed E-state index contributed by atoms with van der Waals surface area (Å²) in [5.74, 6) is 0. The smallest absolute Gasteiger partial charge is 0.0264 e. The maximum Gasteiger partial charge on any atom is 0.0264 e. The van der Waals surface area contributed by atoms with Crippen LogP contribution in [0.5, 0.6) is 0 Å². The Morgan fingerprint density at radius 2 is 1.39 bits per heavy atom. The molecular weight excluding hydrogens is 222 g/mol. The molecule has 2 bridgehead atoms. The molecule has 0 aromatic rings. The minimum absolute atomic E-state index is 0.753. The molecule has 0 amide bonds. The average molecular weight is 251 g/mol. The number of hydrogen-bond acceptors (Lipinski definition) is 3. The van der Waals surface area contributed by atoms with E-state index in [1.165, 1.54) is 44.9 Å². The van der Waals surface area contributed by atoms with Crippen LogP contribution in [-0.2, 0) is 0 Å². The summed E-state index contributed by atoms with van der Waals surface area (Å²) in [6.07, 6.45) is 9.72. The molecule has 3 aliphatic heterocycles. The molecule has 3 nitrogen and oxygen atoms in total. The molecule has 3 rings (SSSR count). The summed E-state index contributed by atoms with van der Waals surface area (Å²) in [7, 11) is 2.13. The van der Waals surface area contributed by atoms with Gasteiger partial charge in [0.25, 0.3) is 0 Å². The Bertz CT molecular complexity index is 269. The van der Waals surface area contributed by atoms with Gasteiger partial charge in [0.2, 0.25) is 0 Å². The first-order chi connectivity index (χ1) is 8.70.